The van der Waals surface area contributed by atoms with Gasteiger partial charge in [-0.3, -0.25) is 9.59 Å². The van der Waals surface area contributed by atoms with Gasteiger partial charge in [0.05, 0.1) is 24.3 Å². The summed E-state index contributed by atoms with van der Waals surface area (Å²) in [5, 5.41) is 14.8. The third-order valence-electron chi connectivity index (χ3n) is 4.53. The number of aromatic amines is 1. The van der Waals surface area contributed by atoms with E-state index in [1.54, 1.807) is 31.4 Å². The first-order valence-corrected chi connectivity index (χ1v) is 11.6. The fraction of sp³-hybridized carbons (Fsp3) is 0.0870. The Morgan fingerprint density at radius 2 is 1.91 bits per heavy atom. The van der Waals surface area contributed by atoms with E-state index in [0.717, 1.165) is 23.0 Å². The van der Waals surface area contributed by atoms with Crippen LogP contribution in [0, 0.1) is 11.3 Å². The Kier molecular flexibility index (Phi) is 6.83. The molecule has 0 spiro atoms. The molecule has 0 aliphatic rings. The van der Waals surface area contributed by atoms with Gasteiger partial charge in [0, 0.05) is 16.5 Å². The van der Waals surface area contributed by atoms with E-state index in [2.05, 4.69) is 20.3 Å². The van der Waals surface area contributed by atoms with Crippen molar-refractivity contribution in [3.05, 3.63) is 75.9 Å². The molecule has 4 aromatic rings. The van der Waals surface area contributed by atoms with E-state index < -0.39 is 5.56 Å². The molecule has 0 fully saturated rings. The number of anilines is 1. The number of thiazole rings is 1. The first-order valence-electron chi connectivity index (χ1n) is 9.70. The van der Waals surface area contributed by atoms with Crippen LogP contribution in [0.1, 0.15) is 5.56 Å². The summed E-state index contributed by atoms with van der Waals surface area (Å²) in [6.45, 7) is 0. The second-order valence-corrected chi connectivity index (χ2v) is 8.50. The summed E-state index contributed by atoms with van der Waals surface area (Å²) in [6.07, 6.45) is 0. The standard InChI is InChI=1S/C23H17N5O3S2/c1-31-16-9-7-15(8-10-16)20-17(11-24)21(30)28-23(27-20)33-13-19(29)26-22-25-18(12-32-22)14-5-3-2-4-6-14/h2-10,12H,13H2,1H3,(H,25,26,29)(H,27,28,30). The molecule has 0 radical (unpaired) electrons. The summed E-state index contributed by atoms with van der Waals surface area (Å²) in [5.74, 6) is 0.370. The predicted octanol–water partition coefficient (Wildman–Crippen LogP) is 4.17. The van der Waals surface area contributed by atoms with Gasteiger partial charge in [-0.25, -0.2) is 9.97 Å². The van der Waals surface area contributed by atoms with Crippen LogP contribution in [-0.2, 0) is 4.79 Å². The van der Waals surface area contributed by atoms with Gasteiger partial charge in [-0.1, -0.05) is 42.1 Å². The SMILES string of the molecule is COc1ccc(-c2nc(SCC(=O)Nc3nc(-c4ccccc4)cs3)[nH]c(=O)c2C#N)cc1. The zero-order valence-electron chi connectivity index (χ0n) is 17.4. The number of methoxy groups -OCH3 is 1. The van der Waals surface area contributed by atoms with Crippen LogP contribution in [0.5, 0.6) is 5.75 Å². The molecule has 10 heteroatoms. The molecule has 0 saturated heterocycles. The number of hydrogen-bond acceptors (Lipinski definition) is 8. The van der Waals surface area contributed by atoms with Gasteiger partial charge in [0.1, 0.15) is 17.4 Å². The Balaban J connectivity index is 1.46. The maximum absolute atomic E-state index is 12.4. The number of H-pyrrole nitrogens is 1. The van der Waals surface area contributed by atoms with Crippen molar-refractivity contribution in [3.63, 3.8) is 0 Å². The molecule has 0 unspecified atom stereocenters. The van der Waals surface area contributed by atoms with Crippen LogP contribution < -0.4 is 15.6 Å². The van der Waals surface area contributed by atoms with E-state index in [1.807, 2.05) is 41.8 Å². The molecule has 0 bridgehead atoms. The lowest BCUT2D eigenvalue weighted by molar-refractivity contribution is -0.113. The van der Waals surface area contributed by atoms with Crippen LogP contribution in [0.2, 0.25) is 0 Å². The number of nitrogens with zero attached hydrogens (tertiary/aromatic N) is 3. The van der Waals surface area contributed by atoms with Crippen molar-refractivity contribution in [1.29, 1.82) is 5.26 Å². The molecule has 33 heavy (non-hydrogen) atoms. The average Bonchev–Trinajstić information content (AvgIpc) is 3.31. The second kappa shape index (κ2) is 10.1. The molecule has 0 saturated carbocycles. The number of rotatable bonds is 7. The van der Waals surface area contributed by atoms with E-state index in [0.29, 0.717) is 16.4 Å². The number of ether oxygens (including phenoxy) is 1. The summed E-state index contributed by atoms with van der Waals surface area (Å²) in [5.41, 5.74) is 1.94. The topological polar surface area (TPSA) is 121 Å². The molecule has 0 aliphatic carbocycles. The third-order valence-corrected chi connectivity index (χ3v) is 6.16. The van der Waals surface area contributed by atoms with Gasteiger partial charge in [-0.2, -0.15) is 5.26 Å². The maximum atomic E-state index is 12.4. The summed E-state index contributed by atoms with van der Waals surface area (Å²) in [6, 6.07) is 18.4. The van der Waals surface area contributed by atoms with Crippen molar-refractivity contribution in [2.45, 2.75) is 5.16 Å². The first-order chi connectivity index (χ1) is 16.1. The van der Waals surface area contributed by atoms with E-state index in [9.17, 15) is 14.9 Å². The van der Waals surface area contributed by atoms with Gasteiger partial charge < -0.3 is 15.0 Å². The summed E-state index contributed by atoms with van der Waals surface area (Å²) in [4.78, 5) is 36.2. The van der Waals surface area contributed by atoms with Gasteiger partial charge >= 0.3 is 0 Å². The molecular formula is C23H17N5O3S2. The van der Waals surface area contributed by atoms with Crippen LogP contribution >= 0.6 is 23.1 Å². The first kappa shape index (κ1) is 22.3. The highest BCUT2D eigenvalue weighted by molar-refractivity contribution is 7.99. The highest BCUT2D eigenvalue weighted by Gasteiger charge is 2.15. The van der Waals surface area contributed by atoms with Crippen LogP contribution in [0.4, 0.5) is 5.13 Å². The Morgan fingerprint density at radius 3 is 2.61 bits per heavy atom. The normalized spacial score (nSPS) is 10.4. The third kappa shape index (κ3) is 5.28. The Morgan fingerprint density at radius 1 is 1.15 bits per heavy atom. The fourth-order valence-electron chi connectivity index (χ4n) is 2.94. The van der Waals surface area contributed by atoms with Crippen molar-refractivity contribution < 1.29 is 9.53 Å². The fourth-order valence-corrected chi connectivity index (χ4v) is 4.34. The highest BCUT2D eigenvalue weighted by atomic mass is 32.2. The number of nitriles is 1. The molecule has 1 amide bonds. The van der Waals surface area contributed by atoms with E-state index >= 15 is 0 Å². The molecule has 0 atom stereocenters. The van der Waals surface area contributed by atoms with Crippen molar-refractivity contribution in [2.75, 3.05) is 18.2 Å². The predicted molar refractivity (Wildman–Crippen MR) is 128 cm³/mol. The quantitative estimate of drug-likeness (QED) is 0.304. The Bertz CT molecular complexity index is 1380. The van der Waals surface area contributed by atoms with Gasteiger partial charge in [0.2, 0.25) is 5.91 Å². The molecule has 2 heterocycles. The molecule has 2 N–H and O–H groups in total. The van der Waals surface area contributed by atoms with Crippen LogP contribution in [0.3, 0.4) is 0 Å². The van der Waals surface area contributed by atoms with Crippen molar-refractivity contribution in [2.24, 2.45) is 0 Å². The number of thioether (sulfide) groups is 1. The zero-order valence-corrected chi connectivity index (χ0v) is 19.0. The lowest BCUT2D eigenvalue weighted by Crippen LogP contribution is -2.17. The smallest absolute Gasteiger partial charge is 0.270 e. The maximum Gasteiger partial charge on any atom is 0.270 e. The summed E-state index contributed by atoms with van der Waals surface area (Å²) in [7, 11) is 1.55. The number of aromatic nitrogens is 3. The molecule has 4 rings (SSSR count). The minimum Gasteiger partial charge on any atom is -0.497 e. The zero-order chi connectivity index (χ0) is 23.2. The molecular weight excluding hydrogens is 458 g/mol. The number of carbonyl (C=O) groups excluding carboxylic acids is 1. The minimum atomic E-state index is -0.561. The molecule has 0 aliphatic heterocycles. The summed E-state index contributed by atoms with van der Waals surface area (Å²) >= 11 is 2.40. The van der Waals surface area contributed by atoms with Gasteiger partial charge in [0.15, 0.2) is 10.3 Å². The minimum absolute atomic E-state index is 0.0111. The monoisotopic (exact) mass is 475 g/mol. The van der Waals surface area contributed by atoms with Gasteiger partial charge in [0.25, 0.3) is 5.56 Å². The largest absolute Gasteiger partial charge is 0.497 e. The van der Waals surface area contributed by atoms with Gasteiger partial charge in [-0.05, 0) is 24.3 Å². The number of nitrogens with one attached hydrogen (secondary N) is 2. The van der Waals surface area contributed by atoms with Crippen molar-refractivity contribution >= 4 is 34.1 Å². The average molecular weight is 476 g/mol. The van der Waals surface area contributed by atoms with E-state index in [4.69, 9.17) is 4.74 Å². The Labute approximate surface area is 197 Å². The number of benzene rings is 2. The number of amides is 1. The van der Waals surface area contributed by atoms with Crippen LogP contribution in [0.25, 0.3) is 22.5 Å². The molecule has 164 valence electrons. The van der Waals surface area contributed by atoms with Crippen LogP contribution in [0.15, 0.2) is 69.9 Å². The van der Waals surface area contributed by atoms with Crippen molar-refractivity contribution in [1.82, 2.24) is 15.0 Å². The van der Waals surface area contributed by atoms with Crippen LogP contribution in [-0.4, -0.2) is 33.7 Å². The van der Waals surface area contributed by atoms with E-state index in [1.165, 1.54) is 11.3 Å². The van der Waals surface area contributed by atoms with E-state index in [-0.39, 0.29) is 28.1 Å². The molecule has 8 nitrogen and oxygen atoms in total. The summed E-state index contributed by atoms with van der Waals surface area (Å²) < 4.78 is 5.14. The lowest BCUT2D eigenvalue weighted by Gasteiger charge is -2.07. The van der Waals surface area contributed by atoms with Crippen molar-refractivity contribution in [3.8, 4) is 34.3 Å². The second-order valence-electron chi connectivity index (χ2n) is 6.68. The highest BCUT2D eigenvalue weighted by Crippen LogP contribution is 2.26. The number of carbonyl (C=O) groups is 1. The van der Waals surface area contributed by atoms with Gasteiger partial charge in [-0.15, -0.1) is 11.3 Å². The molecule has 2 aromatic heterocycles. The Hall–Kier alpha value is -3.94. The number of hydrogen-bond donors (Lipinski definition) is 2. The lowest BCUT2D eigenvalue weighted by atomic mass is 10.1. The molecule has 2 aromatic carbocycles.